The van der Waals surface area contributed by atoms with Crippen molar-refractivity contribution in [3.63, 3.8) is 0 Å². The molecule has 1 atom stereocenters. The van der Waals surface area contributed by atoms with E-state index in [1.807, 2.05) is 19.2 Å². The van der Waals surface area contributed by atoms with E-state index in [0.29, 0.717) is 6.54 Å². The zero-order chi connectivity index (χ0) is 12.1. The van der Waals surface area contributed by atoms with Gasteiger partial charge in [-0.05, 0) is 20.8 Å². The molecule has 0 radical (unpaired) electrons. The Morgan fingerprint density at radius 2 is 2.44 bits per heavy atom. The van der Waals surface area contributed by atoms with Gasteiger partial charge in [-0.2, -0.15) is 0 Å². The standard InChI is InChI=1S/C11H16N2O2S/c1-7(4-10(14)15)5-12-9(3)11-13-8(2)6-16-11/h4,6,9,12H,5H2,1-3H3,(H,14,15). The minimum Gasteiger partial charge on any atom is -0.478 e. The summed E-state index contributed by atoms with van der Waals surface area (Å²) >= 11 is 1.61. The van der Waals surface area contributed by atoms with Crippen LogP contribution in [0.3, 0.4) is 0 Å². The van der Waals surface area contributed by atoms with E-state index in [2.05, 4.69) is 10.3 Å². The first-order chi connectivity index (χ1) is 7.49. The van der Waals surface area contributed by atoms with Crippen LogP contribution in [0.4, 0.5) is 0 Å². The lowest BCUT2D eigenvalue weighted by molar-refractivity contribution is -0.131. The van der Waals surface area contributed by atoms with Crippen molar-refractivity contribution < 1.29 is 9.90 Å². The van der Waals surface area contributed by atoms with Crippen molar-refractivity contribution in [1.82, 2.24) is 10.3 Å². The Bertz CT molecular complexity index is 398. The Morgan fingerprint density at radius 3 is 2.94 bits per heavy atom. The first-order valence-electron chi connectivity index (χ1n) is 5.04. The fourth-order valence-electron chi connectivity index (χ4n) is 1.23. The number of carboxylic acid groups (broad SMARTS) is 1. The first kappa shape index (κ1) is 12.9. The normalized spacial score (nSPS) is 13.8. The molecule has 1 heterocycles. The molecule has 0 saturated carbocycles. The van der Waals surface area contributed by atoms with Gasteiger partial charge in [0.25, 0.3) is 0 Å². The molecular formula is C11H16N2O2S. The number of nitrogens with one attached hydrogen (secondary N) is 1. The molecule has 1 aromatic heterocycles. The molecule has 0 bridgehead atoms. The minimum atomic E-state index is -0.906. The molecule has 0 aliphatic carbocycles. The van der Waals surface area contributed by atoms with Crippen LogP contribution in [0.1, 0.15) is 30.6 Å². The van der Waals surface area contributed by atoms with Gasteiger partial charge in [0.05, 0.1) is 6.04 Å². The summed E-state index contributed by atoms with van der Waals surface area (Å²) in [5.74, 6) is -0.906. The number of carbonyl (C=O) groups is 1. The second kappa shape index (κ2) is 5.77. The van der Waals surface area contributed by atoms with Crippen molar-refractivity contribution >= 4 is 17.3 Å². The van der Waals surface area contributed by atoms with Crippen LogP contribution in [0.15, 0.2) is 17.0 Å². The fraction of sp³-hybridized carbons (Fsp3) is 0.455. The monoisotopic (exact) mass is 240 g/mol. The van der Waals surface area contributed by atoms with Crippen LogP contribution in [-0.4, -0.2) is 22.6 Å². The second-order valence-corrected chi connectivity index (χ2v) is 4.65. The molecular weight excluding hydrogens is 224 g/mol. The fourth-order valence-corrected chi connectivity index (χ4v) is 2.06. The van der Waals surface area contributed by atoms with Gasteiger partial charge < -0.3 is 10.4 Å². The van der Waals surface area contributed by atoms with Crippen LogP contribution in [0.5, 0.6) is 0 Å². The molecule has 0 saturated heterocycles. The van der Waals surface area contributed by atoms with Gasteiger partial charge >= 0.3 is 5.97 Å². The third-order valence-corrected chi connectivity index (χ3v) is 3.21. The van der Waals surface area contributed by atoms with Crippen molar-refractivity contribution in [2.45, 2.75) is 26.8 Å². The highest BCUT2D eigenvalue weighted by atomic mass is 32.1. The van der Waals surface area contributed by atoms with Crippen molar-refractivity contribution in [3.05, 3.63) is 27.7 Å². The first-order valence-corrected chi connectivity index (χ1v) is 5.92. The molecule has 1 unspecified atom stereocenters. The maximum Gasteiger partial charge on any atom is 0.328 e. The van der Waals surface area contributed by atoms with Gasteiger partial charge in [0.2, 0.25) is 0 Å². The molecule has 0 spiro atoms. The van der Waals surface area contributed by atoms with Crippen LogP contribution < -0.4 is 5.32 Å². The maximum absolute atomic E-state index is 10.4. The van der Waals surface area contributed by atoms with E-state index < -0.39 is 5.97 Å². The van der Waals surface area contributed by atoms with E-state index in [1.165, 1.54) is 6.08 Å². The summed E-state index contributed by atoms with van der Waals surface area (Å²) in [5.41, 5.74) is 1.82. The number of aliphatic carboxylic acids is 1. The number of aryl methyl sites for hydroxylation is 1. The zero-order valence-electron chi connectivity index (χ0n) is 9.65. The molecule has 0 amide bonds. The van der Waals surface area contributed by atoms with E-state index in [1.54, 1.807) is 18.3 Å². The van der Waals surface area contributed by atoms with E-state index in [-0.39, 0.29) is 6.04 Å². The van der Waals surface area contributed by atoms with Gasteiger partial charge in [-0.25, -0.2) is 9.78 Å². The average Bonchev–Trinajstić information content (AvgIpc) is 2.60. The smallest absolute Gasteiger partial charge is 0.328 e. The summed E-state index contributed by atoms with van der Waals surface area (Å²) in [5, 5.41) is 14.8. The molecule has 16 heavy (non-hydrogen) atoms. The Labute approximate surface area is 99.0 Å². The highest BCUT2D eigenvalue weighted by Gasteiger charge is 2.08. The number of hydrogen-bond donors (Lipinski definition) is 2. The van der Waals surface area contributed by atoms with Crippen molar-refractivity contribution in [1.29, 1.82) is 0 Å². The molecule has 88 valence electrons. The van der Waals surface area contributed by atoms with Crippen LogP contribution >= 0.6 is 11.3 Å². The molecule has 0 aliphatic heterocycles. The lowest BCUT2D eigenvalue weighted by Gasteiger charge is -2.10. The van der Waals surface area contributed by atoms with Crippen LogP contribution in [0.25, 0.3) is 0 Å². The number of aromatic nitrogens is 1. The van der Waals surface area contributed by atoms with Crippen molar-refractivity contribution in [3.8, 4) is 0 Å². The topological polar surface area (TPSA) is 62.2 Å². The molecule has 2 N–H and O–H groups in total. The largest absolute Gasteiger partial charge is 0.478 e. The SMILES string of the molecule is CC(=CC(=O)O)CNC(C)c1nc(C)cs1. The molecule has 0 aromatic carbocycles. The van der Waals surface area contributed by atoms with Gasteiger partial charge in [0, 0.05) is 23.7 Å². The number of nitrogens with zero attached hydrogens (tertiary/aromatic N) is 1. The Morgan fingerprint density at radius 1 is 1.75 bits per heavy atom. The number of carboxylic acids is 1. The quantitative estimate of drug-likeness (QED) is 0.774. The van der Waals surface area contributed by atoms with E-state index in [0.717, 1.165) is 16.3 Å². The summed E-state index contributed by atoms with van der Waals surface area (Å²) < 4.78 is 0. The third-order valence-electron chi connectivity index (χ3n) is 2.06. The van der Waals surface area contributed by atoms with E-state index in [9.17, 15) is 4.79 Å². The molecule has 0 aliphatic rings. The summed E-state index contributed by atoms with van der Waals surface area (Å²) in [6.45, 7) is 6.33. The molecule has 4 nitrogen and oxygen atoms in total. The summed E-state index contributed by atoms with van der Waals surface area (Å²) in [7, 11) is 0. The zero-order valence-corrected chi connectivity index (χ0v) is 10.5. The maximum atomic E-state index is 10.4. The number of thiazole rings is 1. The van der Waals surface area contributed by atoms with Crippen LogP contribution in [0.2, 0.25) is 0 Å². The predicted octanol–water partition coefficient (Wildman–Crippen LogP) is 2.13. The minimum absolute atomic E-state index is 0.149. The molecule has 5 heteroatoms. The van der Waals surface area contributed by atoms with Gasteiger partial charge in [-0.15, -0.1) is 11.3 Å². The van der Waals surface area contributed by atoms with Crippen LogP contribution in [0, 0.1) is 6.92 Å². The Kier molecular flexibility index (Phi) is 4.64. The number of rotatable bonds is 5. The molecule has 0 fully saturated rings. The summed E-state index contributed by atoms with van der Waals surface area (Å²) in [6, 6.07) is 0.149. The Balaban J connectivity index is 2.47. The van der Waals surface area contributed by atoms with Crippen molar-refractivity contribution in [2.75, 3.05) is 6.54 Å². The summed E-state index contributed by atoms with van der Waals surface area (Å²) in [6.07, 6.45) is 1.22. The van der Waals surface area contributed by atoms with Gasteiger partial charge in [0.15, 0.2) is 0 Å². The third kappa shape index (κ3) is 4.12. The van der Waals surface area contributed by atoms with E-state index >= 15 is 0 Å². The van der Waals surface area contributed by atoms with Gasteiger partial charge in [0.1, 0.15) is 5.01 Å². The highest BCUT2D eigenvalue weighted by molar-refractivity contribution is 7.09. The number of hydrogen-bond acceptors (Lipinski definition) is 4. The second-order valence-electron chi connectivity index (χ2n) is 3.76. The van der Waals surface area contributed by atoms with Gasteiger partial charge in [-0.3, -0.25) is 0 Å². The lowest BCUT2D eigenvalue weighted by Crippen LogP contribution is -2.20. The predicted molar refractivity (Wildman–Crippen MR) is 64.7 cm³/mol. The van der Waals surface area contributed by atoms with E-state index in [4.69, 9.17) is 5.11 Å². The molecule has 1 aromatic rings. The average molecular weight is 240 g/mol. The van der Waals surface area contributed by atoms with Gasteiger partial charge in [-0.1, -0.05) is 5.57 Å². The van der Waals surface area contributed by atoms with Crippen molar-refractivity contribution in [2.24, 2.45) is 0 Å². The van der Waals surface area contributed by atoms with Crippen LogP contribution in [-0.2, 0) is 4.79 Å². The molecule has 1 rings (SSSR count). The Hall–Kier alpha value is -1.20. The lowest BCUT2D eigenvalue weighted by atomic mass is 10.2. The summed E-state index contributed by atoms with van der Waals surface area (Å²) in [4.78, 5) is 14.8. The highest BCUT2D eigenvalue weighted by Crippen LogP contribution is 2.17.